The molecule has 10 nitrogen and oxygen atoms in total. The van der Waals surface area contributed by atoms with Crippen LogP contribution in [0.4, 0.5) is 4.39 Å². The van der Waals surface area contributed by atoms with Crippen molar-refractivity contribution < 1.29 is 18.7 Å². The van der Waals surface area contributed by atoms with Gasteiger partial charge in [-0.05, 0) is 49.2 Å². The molecule has 1 amide bonds. The van der Waals surface area contributed by atoms with Gasteiger partial charge in [-0.1, -0.05) is 18.2 Å². The quantitative estimate of drug-likeness (QED) is 0.353. The summed E-state index contributed by atoms with van der Waals surface area (Å²) in [6.45, 7) is 4.32. The van der Waals surface area contributed by atoms with Gasteiger partial charge in [0.2, 0.25) is 0 Å². The van der Waals surface area contributed by atoms with Crippen molar-refractivity contribution in [3.8, 4) is 11.4 Å². The molecule has 0 saturated carbocycles. The second-order valence-corrected chi connectivity index (χ2v) is 9.71. The number of hydrogen-bond acceptors (Lipinski definition) is 7. The smallest absolute Gasteiger partial charge is 0.255 e. The molecule has 11 heteroatoms. The Bertz CT molecular complexity index is 1500. The van der Waals surface area contributed by atoms with Crippen LogP contribution in [0.1, 0.15) is 44.1 Å². The number of carbonyl (C=O) groups excluding carboxylic acids is 1. The molecule has 1 aliphatic rings. The topological polar surface area (TPSA) is 99.3 Å². The lowest BCUT2D eigenvalue weighted by atomic mass is 9.98. The van der Waals surface area contributed by atoms with Gasteiger partial charge in [0, 0.05) is 38.5 Å². The fourth-order valence-electron chi connectivity index (χ4n) is 4.87. The first-order valence-electron chi connectivity index (χ1n) is 12.7. The lowest BCUT2D eigenvalue weighted by molar-refractivity contribution is 0.0945. The van der Waals surface area contributed by atoms with Crippen LogP contribution in [0, 0.1) is 12.7 Å². The van der Waals surface area contributed by atoms with Gasteiger partial charge < -0.3 is 19.7 Å². The molecule has 1 N–H and O–H groups in total. The standard InChI is InChI=1S/C28H32FN7O3/c1-18-31-17-36(32-18)25-7-8-26(39-4)27(29)22(25)12-30-28(37)23-15-35(33-24(23)16-38-3)13-19-5-6-20-9-10-34(2)14-21(20)11-19/h5-8,11,15,17H,9-10,12-14,16H2,1-4H3,(H,30,37). The van der Waals surface area contributed by atoms with Gasteiger partial charge in [0.05, 0.1) is 31.5 Å². The summed E-state index contributed by atoms with van der Waals surface area (Å²) in [7, 11) is 5.07. The number of nitrogens with zero attached hydrogens (tertiary/aromatic N) is 6. The average molecular weight is 534 g/mol. The van der Waals surface area contributed by atoms with E-state index < -0.39 is 5.82 Å². The highest BCUT2D eigenvalue weighted by molar-refractivity contribution is 5.95. The Hall–Kier alpha value is -4.09. The molecule has 0 unspecified atom stereocenters. The zero-order valence-corrected chi connectivity index (χ0v) is 22.6. The Balaban J connectivity index is 1.37. The number of fused-ring (bicyclic) bond motifs is 1. The Morgan fingerprint density at radius 3 is 2.74 bits per heavy atom. The Morgan fingerprint density at radius 1 is 1.15 bits per heavy atom. The van der Waals surface area contributed by atoms with E-state index in [-0.39, 0.29) is 30.4 Å². The van der Waals surface area contributed by atoms with Crippen molar-refractivity contribution in [2.75, 3.05) is 27.8 Å². The van der Waals surface area contributed by atoms with Crippen LogP contribution >= 0.6 is 0 Å². The minimum absolute atomic E-state index is 0.0731. The van der Waals surface area contributed by atoms with E-state index in [4.69, 9.17) is 9.47 Å². The summed E-state index contributed by atoms with van der Waals surface area (Å²) in [6, 6.07) is 9.71. The van der Waals surface area contributed by atoms with Crippen molar-refractivity contribution in [1.29, 1.82) is 0 Å². The molecule has 5 rings (SSSR count). The molecular weight excluding hydrogens is 501 g/mol. The van der Waals surface area contributed by atoms with Crippen LogP contribution in [0.25, 0.3) is 5.69 Å². The molecule has 0 aliphatic carbocycles. The lowest BCUT2D eigenvalue weighted by Crippen LogP contribution is -2.26. The SMILES string of the molecule is COCc1nn(Cc2ccc3c(c2)CN(C)CC3)cc1C(=O)NCc1c(-n2cnc(C)n2)ccc(OC)c1F. The first-order chi connectivity index (χ1) is 18.9. The number of likely N-dealkylation sites (N-methyl/N-ethyl adjacent to an activating group) is 1. The van der Waals surface area contributed by atoms with Gasteiger partial charge >= 0.3 is 0 Å². The maximum Gasteiger partial charge on any atom is 0.255 e. The molecule has 1 aliphatic heterocycles. The summed E-state index contributed by atoms with van der Waals surface area (Å²) in [6.07, 6.45) is 4.25. The number of halogens is 1. The normalized spacial score (nSPS) is 13.4. The molecule has 39 heavy (non-hydrogen) atoms. The highest BCUT2D eigenvalue weighted by Gasteiger charge is 2.21. The lowest BCUT2D eigenvalue weighted by Gasteiger charge is -2.25. The first-order valence-corrected chi connectivity index (χ1v) is 12.7. The number of methoxy groups -OCH3 is 2. The third-order valence-corrected chi connectivity index (χ3v) is 6.86. The molecule has 2 aromatic heterocycles. The average Bonchev–Trinajstić information content (AvgIpc) is 3.53. The highest BCUT2D eigenvalue weighted by atomic mass is 19.1. The maximum atomic E-state index is 15.3. The molecule has 0 saturated heterocycles. The molecule has 0 radical (unpaired) electrons. The van der Waals surface area contributed by atoms with Crippen LogP contribution < -0.4 is 10.1 Å². The third kappa shape index (κ3) is 5.69. The minimum Gasteiger partial charge on any atom is -0.494 e. The van der Waals surface area contributed by atoms with Crippen LogP contribution in [-0.4, -0.2) is 63.2 Å². The van der Waals surface area contributed by atoms with E-state index in [2.05, 4.69) is 50.6 Å². The molecule has 4 aromatic rings. The van der Waals surface area contributed by atoms with Gasteiger partial charge in [-0.15, -0.1) is 0 Å². The van der Waals surface area contributed by atoms with Crippen LogP contribution in [0.5, 0.6) is 5.75 Å². The van der Waals surface area contributed by atoms with Gasteiger partial charge in [0.1, 0.15) is 17.8 Å². The summed E-state index contributed by atoms with van der Waals surface area (Å²) in [4.78, 5) is 19.7. The molecule has 0 spiro atoms. The first kappa shape index (κ1) is 26.5. The van der Waals surface area contributed by atoms with Crippen LogP contribution in [-0.2, 0) is 37.4 Å². The number of carbonyl (C=O) groups is 1. The van der Waals surface area contributed by atoms with E-state index in [1.807, 2.05) is 0 Å². The number of ether oxygens (including phenoxy) is 2. The zero-order chi connectivity index (χ0) is 27.5. The number of aryl methyl sites for hydroxylation is 1. The van der Waals surface area contributed by atoms with Crippen LogP contribution in [0.15, 0.2) is 42.9 Å². The van der Waals surface area contributed by atoms with E-state index in [0.29, 0.717) is 29.3 Å². The van der Waals surface area contributed by atoms with Crippen molar-refractivity contribution in [3.63, 3.8) is 0 Å². The molecule has 0 fully saturated rings. The number of benzene rings is 2. The molecule has 3 heterocycles. The van der Waals surface area contributed by atoms with E-state index in [0.717, 1.165) is 25.1 Å². The van der Waals surface area contributed by atoms with Crippen molar-refractivity contribution in [2.45, 2.75) is 39.6 Å². The third-order valence-electron chi connectivity index (χ3n) is 6.86. The van der Waals surface area contributed by atoms with E-state index >= 15 is 4.39 Å². The van der Waals surface area contributed by atoms with Gasteiger partial charge in [0.15, 0.2) is 11.6 Å². The number of hydrogen-bond donors (Lipinski definition) is 1. The molecule has 0 bridgehead atoms. The van der Waals surface area contributed by atoms with Crippen molar-refractivity contribution in [1.82, 2.24) is 34.8 Å². The predicted molar refractivity (Wildman–Crippen MR) is 142 cm³/mol. The summed E-state index contributed by atoms with van der Waals surface area (Å²) in [5.41, 5.74) is 5.37. The fourth-order valence-corrected chi connectivity index (χ4v) is 4.87. The number of aromatic nitrogens is 5. The largest absolute Gasteiger partial charge is 0.494 e. The summed E-state index contributed by atoms with van der Waals surface area (Å²) < 4.78 is 29.0. The van der Waals surface area contributed by atoms with E-state index in [1.54, 1.807) is 31.0 Å². The zero-order valence-electron chi connectivity index (χ0n) is 22.6. The fraction of sp³-hybridized carbons (Fsp3) is 0.357. The van der Waals surface area contributed by atoms with Crippen molar-refractivity contribution in [2.24, 2.45) is 0 Å². The van der Waals surface area contributed by atoms with Gasteiger partial charge in [-0.25, -0.2) is 14.1 Å². The van der Waals surface area contributed by atoms with Crippen molar-refractivity contribution in [3.05, 3.63) is 88.0 Å². The summed E-state index contributed by atoms with van der Waals surface area (Å²) >= 11 is 0. The summed E-state index contributed by atoms with van der Waals surface area (Å²) in [5.74, 6) is -0.342. The van der Waals surface area contributed by atoms with E-state index in [1.165, 1.54) is 35.3 Å². The predicted octanol–water partition coefficient (Wildman–Crippen LogP) is 3.03. The van der Waals surface area contributed by atoms with Gasteiger partial charge in [0.25, 0.3) is 5.91 Å². The second-order valence-electron chi connectivity index (χ2n) is 9.71. The minimum atomic E-state index is -0.575. The van der Waals surface area contributed by atoms with Gasteiger partial charge in [-0.3, -0.25) is 9.48 Å². The highest BCUT2D eigenvalue weighted by Crippen LogP contribution is 2.26. The molecule has 204 valence electrons. The second kappa shape index (κ2) is 11.3. The monoisotopic (exact) mass is 533 g/mol. The number of nitrogens with one attached hydrogen (secondary N) is 1. The van der Waals surface area contributed by atoms with Crippen molar-refractivity contribution >= 4 is 5.91 Å². The number of amides is 1. The summed E-state index contributed by atoms with van der Waals surface area (Å²) in [5, 5.41) is 11.7. The molecule has 0 atom stereocenters. The van der Waals surface area contributed by atoms with E-state index in [9.17, 15) is 4.79 Å². The molecule has 2 aromatic carbocycles. The Kier molecular flexibility index (Phi) is 7.71. The maximum absolute atomic E-state index is 15.3. The van der Waals surface area contributed by atoms with Crippen LogP contribution in [0.3, 0.4) is 0 Å². The Labute approximate surface area is 226 Å². The Morgan fingerprint density at radius 2 is 2.00 bits per heavy atom. The molecular formula is C28H32FN7O3. The van der Waals surface area contributed by atoms with Gasteiger partial charge in [-0.2, -0.15) is 10.2 Å². The van der Waals surface area contributed by atoms with Crippen LogP contribution in [0.2, 0.25) is 0 Å². The number of rotatable bonds is 9.